The third-order valence-corrected chi connectivity index (χ3v) is 8.00. The molecule has 0 aromatic heterocycles. The number of urea groups is 1. The lowest BCUT2D eigenvalue weighted by Crippen LogP contribution is -2.42. The zero-order chi connectivity index (χ0) is 23.8. The number of rotatable bonds is 6. The number of carbonyl (C=O) groups excluding carboxylic acids is 3. The van der Waals surface area contributed by atoms with Crippen molar-refractivity contribution in [3.63, 3.8) is 0 Å². The molecular weight excluding hydrogens is 468 g/mol. The molecule has 2 heterocycles. The Morgan fingerprint density at radius 1 is 1.06 bits per heavy atom. The van der Waals surface area contributed by atoms with Crippen molar-refractivity contribution < 1.29 is 22.8 Å². The van der Waals surface area contributed by atoms with Crippen molar-refractivity contribution in [1.82, 2.24) is 14.5 Å². The van der Waals surface area contributed by atoms with Gasteiger partial charge >= 0.3 is 6.03 Å². The molecule has 33 heavy (non-hydrogen) atoms. The molecule has 11 heteroatoms. The summed E-state index contributed by atoms with van der Waals surface area (Å²) in [6.45, 7) is 2.08. The first kappa shape index (κ1) is 23.2. The first-order chi connectivity index (χ1) is 15.6. The molecule has 9 nitrogen and oxygen atoms in total. The minimum atomic E-state index is -3.55. The van der Waals surface area contributed by atoms with E-state index in [1.54, 1.807) is 31.2 Å². The summed E-state index contributed by atoms with van der Waals surface area (Å²) >= 11 is 5.90. The Morgan fingerprint density at radius 3 is 2.27 bits per heavy atom. The quantitative estimate of drug-likeness (QED) is 0.604. The van der Waals surface area contributed by atoms with E-state index in [1.807, 2.05) is 0 Å². The van der Waals surface area contributed by atoms with Crippen molar-refractivity contribution in [1.29, 1.82) is 0 Å². The third-order valence-electron chi connectivity index (χ3n) is 5.84. The van der Waals surface area contributed by atoms with Crippen LogP contribution in [0.15, 0.2) is 53.4 Å². The van der Waals surface area contributed by atoms with Crippen molar-refractivity contribution >= 4 is 45.2 Å². The Labute approximate surface area is 196 Å². The standard InChI is InChI=1S/C22H23ClN4O5S/c1-22(15-4-6-16(23)7-5-15)20(29)27(21(30)25-22)14-19(28)24-17-8-10-18(11-9-17)33(31,32)26-12-2-3-13-26/h4-11H,2-3,12-14H2,1H3,(H,24,28)(H,25,30)/t22-/m1/s1. The topological polar surface area (TPSA) is 116 Å². The molecule has 1 atom stereocenters. The van der Waals surface area contributed by atoms with Gasteiger partial charge in [-0.1, -0.05) is 23.7 Å². The molecule has 0 bridgehead atoms. The number of nitrogens with zero attached hydrogens (tertiary/aromatic N) is 2. The summed E-state index contributed by atoms with van der Waals surface area (Å²) in [6, 6.07) is 11.6. The largest absolute Gasteiger partial charge is 0.325 e. The van der Waals surface area contributed by atoms with Gasteiger partial charge in [0.15, 0.2) is 0 Å². The van der Waals surface area contributed by atoms with Gasteiger partial charge in [0, 0.05) is 23.8 Å². The maximum atomic E-state index is 13.0. The number of hydrogen-bond acceptors (Lipinski definition) is 5. The molecule has 0 unspecified atom stereocenters. The van der Waals surface area contributed by atoms with Crippen molar-refractivity contribution in [3.8, 4) is 0 Å². The zero-order valence-corrected chi connectivity index (χ0v) is 19.4. The van der Waals surface area contributed by atoms with E-state index in [0.29, 0.717) is 29.4 Å². The van der Waals surface area contributed by atoms with Crippen LogP contribution in [0.5, 0.6) is 0 Å². The van der Waals surface area contributed by atoms with Crippen LogP contribution >= 0.6 is 11.6 Å². The normalized spacial score (nSPS) is 21.3. The molecule has 2 aromatic carbocycles. The molecule has 4 amide bonds. The maximum absolute atomic E-state index is 13.0. The average Bonchev–Trinajstić information content (AvgIpc) is 3.39. The van der Waals surface area contributed by atoms with E-state index in [9.17, 15) is 22.8 Å². The number of sulfonamides is 1. The fourth-order valence-corrected chi connectivity index (χ4v) is 5.59. The van der Waals surface area contributed by atoms with Crippen LogP contribution in [0.4, 0.5) is 10.5 Å². The van der Waals surface area contributed by atoms with E-state index in [0.717, 1.165) is 17.7 Å². The fraction of sp³-hybridized carbons (Fsp3) is 0.318. The molecule has 2 saturated heterocycles. The molecular formula is C22H23ClN4O5S. The number of anilines is 1. The molecule has 2 aliphatic rings. The highest BCUT2D eigenvalue weighted by Gasteiger charge is 2.49. The minimum absolute atomic E-state index is 0.148. The molecule has 0 spiro atoms. The maximum Gasteiger partial charge on any atom is 0.325 e. The van der Waals surface area contributed by atoms with E-state index in [-0.39, 0.29) is 4.90 Å². The second kappa shape index (κ2) is 8.77. The second-order valence-corrected chi connectivity index (χ2v) is 10.5. The number of imide groups is 1. The Balaban J connectivity index is 1.42. The summed E-state index contributed by atoms with van der Waals surface area (Å²) in [7, 11) is -3.55. The highest BCUT2D eigenvalue weighted by atomic mass is 35.5. The summed E-state index contributed by atoms with van der Waals surface area (Å²) in [5, 5.41) is 5.72. The van der Waals surface area contributed by atoms with Crippen molar-refractivity contribution in [2.24, 2.45) is 0 Å². The lowest BCUT2D eigenvalue weighted by Gasteiger charge is -2.22. The molecule has 174 valence electrons. The van der Waals surface area contributed by atoms with Crippen LogP contribution in [0.3, 0.4) is 0 Å². The van der Waals surface area contributed by atoms with E-state index in [4.69, 9.17) is 11.6 Å². The first-order valence-corrected chi connectivity index (χ1v) is 12.2. The SMILES string of the molecule is C[C@]1(c2ccc(Cl)cc2)NC(=O)N(CC(=O)Nc2ccc(S(=O)(=O)N3CCCC3)cc2)C1=O. The molecule has 2 aliphatic heterocycles. The van der Waals surface area contributed by atoms with E-state index < -0.39 is 40.0 Å². The van der Waals surface area contributed by atoms with Crippen molar-refractivity contribution in [3.05, 3.63) is 59.1 Å². The van der Waals surface area contributed by atoms with E-state index >= 15 is 0 Å². The van der Waals surface area contributed by atoms with Crippen molar-refractivity contribution in [2.45, 2.75) is 30.2 Å². The van der Waals surface area contributed by atoms with Crippen LogP contribution in [0, 0.1) is 0 Å². The van der Waals surface area contributed by atoms with Crippen LogP contribution in [-0.4, -0.2) is 55.1 Å². The van der Waals surface area contributed by atoms with Crippen LogP contribution in [0.1, 0.15) is 25.3 Å². The van der Waals surface area contributed by atoms with Crippen LogP contribution < -0.4 is 10.6 Å². The van der Waals surface area contributed by atoms with Gasteiger partial charge in [0.25, 0.3) is 5.91 Å². The summed E-state index contributed by atoms with van der Waals surface area (Å²) < 4.78 is 26.7. The second-order valence-electron chi connectivity index (χ2n) is 8.14. The number of benzene rings is 2. The lowest BCUT2D eigenvalue weighted by atomic mass is 9.92. The smallest absolute Gasteiger partial charge is 0.325 e. The highest BCUT2D eigenvalue weighted by molar-refractivity contribution is 7.89. The van der Waals surface area contributed by atoms with E-state index in [1.165, 1.54) is 28.6 Å². The zero-order valence-electron chi connectivity index (χ0n) is 17.9. The van der Waals surface area contributed by atoms with Crippen LogP contribution in [-0.2, 0) is 25.2 Å². The molecule has 0 aliphatic carbocycles. The number of amides is 4. The number of halogens is 1. The Hall–Kier alpha value is -2.95. The van der Waals surface area contributed by atoms with Gasteiger partial charge in [-0.3, -0.25) is 14.5 Å². The van der Waals surface area contributed by atoms with Gasteiger partial charge in [0.05, 0.1) is 4.90 Å². The van der Waals surface area contributed by atoms with E-state index in [2.05, 4.69) is 10.6 Å². The number of carbonyl (C=O) groups is 3. The predicted octanol–water partition coefficient (Wildman–Crippen LogP) is 2.53. The van der Waals surface area contributed by atoms with Crippen molar-refractivity contribution in [2.75, 3.05) is 25.0 Å². The monoisotopic (exact) mass is 490 g/mol. The highest BCUT2D eigenvalue weighted by Crippen LogP contribution is 2.29. The number of hydrogen-bond donors (Lipinski definition) is 2. The third kappa shape index (κ3) is 4.46. The number of nitrogens with one attached hydrogen (secondary N) is 2. The first-order valence-electron chi connectivity index (χ1n) is 10.4. The van der Waals surface area contributed by atoms with Gasteiger partial charge in [-0.25, -0.2) is 13.2 Å². The minimum Gasteiger partial charge on any atom is -0.325 e. The Morgan fingerprint density at radius 2 is 1.67 bits per heavy atom. The summed E-state index contributed by atoms with van der Waals surface area (Å²) in [4.78, 5) is 38.9. The van der Waals surface area contributed by atoms with Gasteiger partial charge in [-0.05, 0) is 61.7 Å². The molecule has 4 rings (SSSR count). The van der Waals surface area contributed by atoms with Gasteiger partial charge < -0.3 is 10.6 Å². The summed E-state index contributed by atoms with van der Waals surface area (Å²) in [6.07, 6.45) is 1.68. The summed E-state index contributed by atoms with van der Waals surface area (Å²) in [5.41, 5.74) is -0.413. The molecule has 0 saturated carbocycles. The summed E-state index contributed by atoms with van der Waals surface area (Å²) in [5.74, 6) is -1.15. The van der Waals surface area contributed by atoms with Crippen LogP contribution in [0.25, 0.3) is 0 Å². The van der Waals surface area contributed by atoms with Gasteiger partial charge in [-0.15, -0.1) is 0 Å². The van der Waals surface area contributed by atoms with Crippen LogP contribution in [0.2, 0.25) is 5.02 Å². The van der Waals surface area contributed by atoms with Gasteiger partial charge in [0.2, 0.25) is 15.9 Å². The van der Waals surface area contributed by atoms with Gasteiger partial charge in [-0.2, -0.15) is 4.31 Å². The average molecular weight is 491 g/mol. The molecule has 0 radical (unpaired) electrons. The lowest BCUT2D eigenvalue weighted by molar-refractivity contribution is -0.133. The fourth-order valence-electron chi connectivity index (χ4n) is 3.95. The molecule has 2 N–H and O–H groups in total. The Bertz CT molecular complexity index is 1190. The predicted molar refractivity (Wildman–Crippen MR) is 122 cm³/mol. The van der Waals surface area contributed by atoms with Gasteiger partial charge in [0.1, 0.15) is 12.1 Å². The molecule has 2 aromatic rings. The molecule has 2 fully saturated rings. The Kier molecular flexibility index (Phi) is 6.17.